The maximum Gasteiger partial charge on any atom is 0.256 e. The first-order chi connectivity index (χ1) is 6.79. The average molecular weight is 192 g/mol. The van der Waals surface area contributed by atoms with Crippen molar-refractivity contribution in [1.82, 2.24) is 4.90 Å². The van der Waals surface area contributed by atoms with Crippen LogP contribution in [0.3, 0.4) is 0 Å². The Kier molecular flexibility index (Phi) is 2.48. The van der Waals surface area contributed by atoms with Gasteiger partial charge in [0.2, 0.25) is 0 Å². The third-order valence-corrected chi connectivity index (χ3v) is 2.43. The van der Waals surface area contributed by atoms with Crippen molar-refractivity contribution in [2.75, 3.05) is 13.1 Å². The van der Waals surface area contributed by atoms with Gasteiger partial charge in [0.15, 0.2) is 0 Å². The Morgan fingerprint density at radius 1 is 1.43 bits per heavy atom. The lowest BCUT2D eigenvalue weighted by molar-refractivity contribution is 0.0788. The van der Waals surface area contributed by atoms with Gasteiger partial charge in [-0.05, 0) is 31.0 Å². The normalized spacial score (nSPS) is 15.9. The van der Waals surface area contributed by atoms with Gasteiger partial charge < -0.3 is 4.90 Å². The van der Waals surface area contributed by atoms with E-state index < -0.39 is 5.82 Å². The van der Waals surface area contributed by atoms with Crippen LogP contribution >= 0.6 is 0 Å². The van der Waals surface area contributed by atoms with Gasteiger partial charge in [0.1, 0.15) is 5.82 Å². The minimum atomic E-state index is -0.458. The van der Waals surface area contributed by atoms with Crippen molar-refractivity contribution in [3.63, 3.8) is 0 Å². The molecule has 3 heteroatoms. The molecule has 0 unspecified atom stereocenters. The molecule has 0 spiro atoms. The molecule has 0 bridgehead atoms. The maximum absolute atomic E-state index is 13.2. The quantitative estimate of drug-likeness (QED) is 0.665. The van der Waals surface area contributed by atoms with Crippen LogP contribution < -0.4 is 0 Å². The molecule has 0 atom stereocenters. The minimum Gasteiger partial charge on any atom is -0.339 e. The second-order valence-corrected chi connectivity index (χ2v) is 3.41. The summed E-state index contributed by atoms with van der Waals surface area (Å²) in [6.45, 7) is 1.49. The molecule has 2 nitrogen and oxygen atoms in total. The molecule has 1 fully saturated rings. The number of carbonyl (C=O) groups excluding carboxylic acids is 1. The summed E-state index contributed by atoms with van der Waals surface area (Å²) in [4.78, 5) is 13.4. The van der Waals surface area contributed by atoms with Gasteiger partial charge in [-0.15, -0.1) is 0 Å². The van der Waals surface area contributed by atoms with Gasteiger partial charge in [0, 0.05) is 13.1 Å². The lowest BCUT2D eigenvalue weighted by atomic mass is 10.2. The second kappa shape index (κ2) is 3.78. The smallest absolute Gasteiger partial charge is 0.256 e. The van der Waals surface area contributed by atoms with E-state index >= 15 is 0 Å². The fourth-order valence-electron chi connectivity index (χ4n) is 1.67. The minimum absolute atomic E-state index is 0.134. The third-order valence-electron chi connectivity index (χ3n) is 2.43. The van der Waals surface area contributed by atoms with Gasteiger partial charge in [-0.1, -0.05) is 6.07 Å². The summed E-state index contributed by atoms with van der Waals surface area (Å²) in [5.74, 6) is -0.669. The first-order valence-electron chi connectivity index (χ1n) is 4.74. The molecule has 14 heavy (non-hydrogen) atoms. The summed E-state index contributed by atoms with van der Waals surface area (Å²) < 4.78 is 13.2. The van der Waals surface area contributed by atoms with Crippen LogP contribution in [0.5, 0.6) is 0 Å². The molecule has 1 aromatic rings. The summed E-state index contributed by atoms with van der Waals surface area (Å²) in [6, 6.07) is 6.87. The fourth-order valence-corrected chi connectivity index (χ4v) is 1.67. The van der Waals surface area contributed by atoms with E-state index in [4.69, 9.17) is 0 Å². The van der Waals surface area contributed by atoms with Crippen molar-refractivity contribution in [3.8, 4) is 0 Å². The molecule has 0 N–H and O–H groups in total. The SMILES string of the molecule is O=C(c1c[c]ccc1F)N1CCCC1. The molecule has 0 saturated carbocycles. The van der Waals surface area contributed by atoms with Crippen molar-refractivity contribution >= 4 is 5.91 Å². The first kappa shape index (κ1) is 9.19. The highest BCUT2D eigenvalue weighted by atomic mass is 19.1. The topological polar surface area (TPSA) is 20.3 Å². The number of halogens is 1. The highest BCUT2D eigenvalue weighted by molar-refractivity contribution is 5.94. The number of nitrogens with zero attached hydrogens (tertiary/aromatic N) is 1. The Morgan fingerprint density at radius 2 is 2.14 bits per heavy atom. The monoisotopic (exact) mass is 192 g/mol. The van der Waals surface area contributed by atoms with E-state index in [-0.39, 0.29) is 11.5 Å². The molecular formula is C11H11FNO. The van der Waals surface area contributed by atoms with Gasteiger partial charge >= 0.3 is 0 Å². The summed E-state index contributed by atoms with van der Waals surface area (Å²) in [5, 5.41) is 0. The van der Waals surface area contributed by atoms with Crippen molar-refractivity contribution in [2.45, 2.75) is 12.8 Å². The highest BCUT2D eigenvalue weighted by Crippen LogP contribution is 2.14. The average Bonchev–Trinajstić information content (AvgIpc) is 2.70. The first-order valence-corrected chi connectivity index (χ1v) is 4.74. The molecule has 1 radical (unpaired) electrons. The molecule has 2 rings (SSSR count). The molecule has 1 heterocycles. The van der Waals surface area contributed by atoms with Crippen LogP contribution in [0.25, 0.3) is 0 Å². The van der Waals surface area contributed by atoms with E-state index in [1.54, 1.807) is 4.90 Å². The van der Waals surface area contributed by atoms with Crippen LogP contribution in [0.1, 0.15) is 23.2 Å². The molecular weight excluding hydrogens is 181 g/mol. The van der Waals surface area contributed by atoms with Crippen LogP contribution in [0.15, 0.2) is 18.2 Å². The Bertz CT molecular complexity index is 345. The number of rotatable bonds is 1. The summed E-state index contributed by atoms with van der Waals surface area (Å²) >= 11 is 0. The molecule has 0 aliphatic carbocycles. The third kappa shape index (κ3) is 1.62. The molecule has 1 aromatic carbocycles. The molecule has 73 valence electrons. The maximum atomic E-state index is 13.2. The zero-order valence-electron chi connectivity index (χ0n) is 7.79. The zero-order chi connectivity index (χ0) is 9.97. The number of benzene rings is 1. The number of hydrogen-bond donors (Lipinski definition) is 0. The summed E-state index contributed by atoms with van der Waals surface area (Å²) in [6.07, 6.45) is 2.04. The van der Waals surface area contributed by atoms with Crippen molar-refractivity contribution in [3.05, 3.63) is 35.6 Å². The second-order valence-electron chi connectivity index (χ2n) is 3.41. The van der Waals surface area contributed by atoms with Crippen molar-refractivity contribution < 1.29 is 9.18 Å². The lowest BCUT2D eigenvalue weighted by Crippen LogP contribution is -2.28. The van der Waals surface area contributed by atoms with E-state index in [1.807, 2.05) is 0 Å². The highest BCUT2D eigenvalue weighted by Gasteiger charge is 2.21. The Labute approximate surface area is 82.3 Å². The molecule has 0 aromatic heterocycles. The largest absolute Gasteiger partial charge is 0.339 e. The standard InChI is InChI=1S/C11H11FNO/c12-10-6-2-1-5-9(10)11(14)13-7-3-4-8-13/h2,5-6H,3-4,7-8H2. The molecule has 1 saturated heterocycles. The van der Waals surface area contributed by atoms with Gasteiger partial charge in [0.05, 0.1) is 5.56 Å². The van der Waals surface area contributed by atoms with Crippen LogP contribution in [0.4, 0.5) is 4.39 Å². The fraction of sp³-hybridized carbons (Fsp3) is 0.364. The van der Waals surface area contributed by atoms with Gasteiger partial charge in [-0.25, -0.2) is 4.39 Å². The summed E-state index contributed by atoms with van der Waals surface area (Å²) in [7, 11) is 0. The van der Waals surface area contributed by atoms with Crippen LogP contribution in [-0.4, -0.2) is 23.9 Å². The van der Waals surface area contributed by atoms with Gasteiger partial charge in [-0.2, -0.15) is 0 Å². The Hall–Kier alpha value is -1.38. The number of hydrogen-bond acceptors (Lipinski definition) is 1. The molecule has 1 amide bonds. The molecule has 1 aliphatic heterocycles. The van der Waals surface area contributed by atoms with Gasteiger partial charge in [-0.3, -0.25) is 4.79 Å². The van der Waals surface area contributed by atoms with Crippen molar-refractivity contribution in [1.29, 1.82) is 0 Å². The van der Waals surface area contributed by atoms with E-state index in [0.29, 0.717) is 0 Å². The predicted octanol–water partition coefficient (Wildman–Crippen LogP) is 1.86. The van der Waals surface area contributed by atoms with E-state index in [2.05, 4.69) is 6.07 Å². The number of likely N-dealkylation sites (tertiary alicyclic amines) is 1. The predicted molar refractivity (Wildman–Crippen MR) is 50.4 cm³/mol. The number of amides is 1. The van der Waals surface area contributed by atoms with E-state index in [1.165, 1.54) is 18.2 Å². The summed E-state index contributed by atoms with van der Waals surface area (Å²) in [5.41, 5.74) is 0.134. The van der Waals surface area contributed by atoms with Crippen LogP contribution in [-0.2, 0) is 0 Å². The lowest BCUT2D eigenvalue weighted by Gasteiger charge is -2.15. The Balaban J connectivity index is 2.22. The van der Waals surface area contributed by atoms with E-state index in [0.717, 1.165) is 25.9 Å². The zero-order valence-corrected chi connectivity index (χ0v) is 7.79. The van der Waals surface area contributed by atoms with Crippen molar-refractivity contribution in [2.24, 2.45) is 0 Å². The molecule has 1 aliphatic rings. The van der Waals surface area contributed by atoms with Crippen LogP contribution in [0.2, 0.25) is 0 Å². The van der Waals surface area contributed by atoms with Gasteiger partial charge in [0.25, 0.3) is 5.91 Å². The van der Waals surface area contributed by atoms with E-state index in [9.17, 15) is 9.18 Å². The number of carbonyl (C=O) groups is 1. The van der Waals surface area contributed by atoms with Crippen LogP contribution in [0, 0.1) is 11.9 Å². The Morgan fingerprint density at radius 3 is 2.79 bits per heavy atom.